The average Bonchev–Trinajstić information content (AvgIpc) is 3.14. The fraction of sp³-hybridized carbons (Fsp3) is 0.0909. The van der Waals surface area contributed by atoms with E-state index in [4.69, 9.17) is 0 Å². The molecule has 0 saturated carbocycles. The number of benzene rings is 3. The third kappa shape index (κ3) is 3.73. The van der Waals surface area contributed by atoms with E-state index in [-0.39, 0.29) is 0 Å². The Labute approximate surface area is 161 Å². The number of carboxylic acid groups (broad SMARTS) is 1. The largest absolute Gasteiger partial charge is 0.478 e. The van der Waals surface area contributed by atoms with E-state index in [2.05, 4.69) is 45.9 Å². The molecule has 0 bridgehead atoms. The third-order valence-corrected chi connectivity index (χ3v) is 5.56. The fourth-order valence-corrected chi connectivity index (χ4v) is 4.13. The molecule has 0 radical (unpaired) electrons. The second kappa shape index (κ2) is 7.68. The van der Waals surface area contributed by atoms with E-state index in [1.165, 1.54) is 16.3 Å². The van der Waals surface area contributed by atoms with Crippen LogP contribution in [0.5, 0.6) is 0 Å². The summed E-state index contributed by atoms with van der Waals surface area (Å²) in [6, 6.07) is 21.8. The van der Waals surface area contributed by atoms with Gasteiger partial charge in [0.25, 0.3) is 0 Å². The first kappa shape index (κ1) is 17.4. The van der Waals surface area contributed by atoms with Crippen molar-refractivity contribution in [1.29, 1.82) is 0 Å². The van der Waals surface area contributed by atoms with Crippen molar-refractivity contribution >= 4 is 28.5 Å². The Balaban J connectivity index is 1.56. The van der Waals surface area contributed by atoms with Crippen LogP contribution in [0.3, 0.4) is 0 Å². The summed E-state index contributed by atoms with van der Waals surface area (Å²) in [6.45, 7) is 0.726. The first-order valence-corrected chi connectivity index (χ1v) is 9.63. The summed E-state index contributed by atoms with van der Waals surface area (Å²) in [6.07, 6.45) is 3.75. The quantitative estimate of drug-likeness (QED) is 0.479. The molecular weight excluding hydrogens is 356 g/mol. The van der Waals surface area contributed by atoms with Crippen molar-refractivity contribution in [3.05, 3.63) is 95.8 Å². The molecule has 5 heteroatoms. The van der Waals surface area contributed by atoms with Crippen LogP contribution in [-0.4, -0.2) is 20.6 Å². The molecule has 0 fully saturated rings. The Morgan fingerprint density at radius 1 is 0.963 bits per heavy atom. The minimum absolute atomic E-state index is 0.345. The van der Waals surface area contributed by atoms with Crippen LogP contribution < -0.4 is 0 Å². The second-order valence-corrected chi connectivity index (χ2v) is 7.17. The lowest BCUT2D eigenvalue weighted by atomic mass is 10.0. The normalized spacial score (nSPS) is 11.0. The lowest BCUT2D eigenvalue weighted by Crippen LogP contribution is -2.03. The predicted octanol–water partition coefficient (Wildman–Crippen LogP) is 5.08. The smallest absolute Gasteiger partial charge is 0.335 e. The predicted molar refractivity (Wildman–Crippen MR) is 108 cm³/mol. The summed E-state index contributed by atoms with van der Waals surface area (Å²) in [5.41, 5.74) is 2.38. The Kier molecular flexibility index (Phi) is 4.94. The molecule has 1 heterocycles. The van der Waals surface area contributed by atoms with Crippen molar-refractivity contribution < 1.29 is 9.90 Å². The first-order chi connectivity index (χ1) is 13.2. The van der Waals surface area contributed by atoms with Crippen LogP contribution in [-0.2, 0) is 12.3 Å². The summed E-state index contributed by atoms with van der Waals surface area (Å²) < 4.78 is 2.11. The van der Waals surface area contributed by atoms with E-state index in [9.17, 15) is 9.90 Å². The van der Waals surface area contributed by atoms with Gasteiger partial charge in [-0.3, -0.25) is 0 Å². The molecule has 0 spiro atoms. The van der Waals surface area contributed by atoms with Gasteiger partial charge in [-0.1, -0.05) is 72.4 Å². The van der Waals surface area contributed by atoms with E-state index < -0.39 is 5.97 Å². The number of fused-ring (bicyclic) bond motifs is 1. The van der Waals surface area contributed by atoms with Gasteiger partial charge in [0.05, 0.1) is 12.1 Å². The number of carbonyl (C=O) groups is 1. The topological polar surface area (TPSA) is 55.1 Å². The number of rotatable bonds is 6. The van der Waals surface area contributed by atoms with Gasteiger partial charge in [-0.2, -0.15) is 0 Å². The minimum atomic E-state index is -0.898. The van der Waals surface area contributed by atoms with Crippen molar-refractivity contribution in [2.75, 3.05) is 0 Å². The maximum absolute atomic E-state index is 11.4. The highest BCUT2D eigenvalue weighted by molar-refractivity contribution is 7.98. The SMILES string of the molecule is O=C(O)c1ccccc1CSc1nccn1Cc1cccc2ccccc12. The van der Waals surface area contributed by atoms with Gasteiger partial charge in [0, 0.05) is 18.1 Å². The van der Waals surface area contributed by atoms with Crippen LogP contribution >= 0.6 is 11.8 Å². The average molecular weight is 374 g/mol. The number of aromatic carboxylic acids is 1. The maximum atomic E-state index is 11.4. The van der Waals surface area contributed by atoms with Crippen LogP contribution in [0.2, 0.25) is 0 Å². The van der Waals surface area contributed by atoms with Crippen LogP contribution in [0.15, 0.2) is 84.3 Å². The molecular formula is C22H18N2O2S. The summed E-state index contributed by atoms with van der Waals surface area (Å²) in [4.78, 5) is 15.8. The minimum Gasteiger partial charge on any atom is -0.478 e. The van der Waals surface area contributed by atoms with Crippen molar-refractivity contribution in [3.8, 4) is 0 Å². The summed E-state index contributed by atoms with van der Waals surface area (Å²) in [7, 11) is 0. The number of imidazole rings is 1. The monoisotopic (exact) mass is 374 g/mol. The highest BCUT2D eigenvalue weighted by atomic mass is 32.2. The van der Waals surface area contributed by atoms with Gasteiger partial charge in [0.1, 0.15) is 0 Å². The molecule has 0 saturated heterocycles. The Morgan fingerprint density at radius 2 is 1.70 bits per heavy atom. The number of hydrogen-bond acceptors (Lipinski definition) is 3. The van der Waals surface area contributed by atoms with Gasteiger partial charge in [0.15, 0.2) is 5.16 Å². The molecule has 4 aromatic rings. The van der Waals surface area contributed by atoms with Crippen molar-refractivity contribution in [3.63, 3.8) is 0 Å². The summed E-state index contributed by atoms with van der Waals surface area (Å²) >= 11 is 1.55. The van der Waals surface area contributed by atoms with Crippen LogP contribution in [0.25, 0.3) is 10.8 Å². The molecule has 0 aliphatic heterocycles. The zero-order valence-electron chi connectivity index (χ0n) is 14.6. The molecule has 4 rings (SSSR count). The number of carboxylic acids is 1. The molecule has 0 amide bonds. The number of aromatic nitrogens is 2. The molecule has 0 aliphatic carbocycles. The van der Waals surface area contributed by atoms with E-state index in [1.807, 2.05) is 24.4 Å². The van der Waals surface area contributed by atoms with E-state index in [0.717, 1.165) is 17.3 Å². The van der Waals surface area contributed by atoms with Crippen LogP contribution in [0, 0.1) is 0 Å². The molecule has 1 N–H and O–H groups in total. The molecule has 1 aromatic heterocycles. The lowest BCUT2D eigenvalue weighted by Gasteiger charge is -2.11. The Morgan fingerprint density at radius 3 is 2.59 bits per heavy atom. The molecule has 3 aromatic carbocycles. The van der Waals surface area contributed by atoms with E-state index in [0.29, 0.717) is 11.3 Å². The van der Waals surface area contributed by atoms with Crippen molar-refractivity contribution in [2.45, 2.75) is 17.5 Å². The summed E-state index contributed by atoms with van der Waals surface area (Å²) in [5, 5.41) is 12.7. The number of thioether (sulfide) groups is 1. The lowest BCUT2D eigenvalue weighted by molar-refractivity contribution is 0.0696. The van der Waals surface area contributed by atoms with Crippen molar-refractivity contribution in [2.24, 2.45) is 0 Å². The molecule has 134 valence electrons. The molecule has 27 heavy (non-hydrogen) atoms. The summed E-state index contributed by atoms with van der Waals surface area (Å²) in [5.74, 6) is -0.333. The van der Waals surface area contributed by atoms with Gasteiger partial charge in [0.2, 0.25) is 0 Å². The van der Waals surface area contributed by atoms with Gasteiger partial charge in [-0.05, 0) is 28.0 Å². The Hall–Kier alpha value is -3.05. The highest BCUT2D eigenvalue weighted by Crippen LogP contribution is 2.25. The molecule has 0 aliphatic rings. The van der Waals surface area contributed by atoms with Gasteiger partial charge >= 0.3 is 5.97 Å². The van der Waals surface area contributed by atoms with Gasteiger partial charge in [-0.15, -0.1) is 0 Å². The van der Waals surface area contributed by atoms with Crippen LogP contribution in [0.4, 0.5) is 0 Å². The second-order valence-electron chi connectivity index (χ2n) is 6.23. The maximum Gasteiger partial charge on any atom is 0.335 e. The first-order valence-electron chi connectivity index (χ1n) is 8.64. The third-order valence-electron chi connectivity index (χ3n) is 4.50. The highest BCUT2D eigenvalue weighted by Gasteiger charge is 2.12. The molecule has 0 atom stereocenters. The van der Waals surface area contributed by atoms with E-state index >= 15 is 0 Å². The fourth-order valence-electron chi connectivity index (χ4n) is 3.17. The zero-order valence-corrected chi connectivity index (χ0v) is 15.4. The van der Waals surface area contributed by atoms with Gasteiger partial charge < -0.3 is 9.67 Å². The zero-order chi connectivity index (χ0) is 18.6. The molecule has 4 nitrogen and oxygen atoms in total. The van der Waals surface area contributed by atoms with E-state index in [1.54, 1.807) is 30.1 Å². The van der Waals surface area contributed by atoms with Crippen LogP contribution in [0.1, 0.15) is 21.5 Å². The Bertz CT molecular complexity index is 1100. The number of hydrogen-bond donors (Lipinski definition) is 1. The number of nitrogens with zero attached hydrogens (tertiary/aromatic N) is 2. The molecule has 0 unspecified atom stereocenters. The standard InChI is InChI=1S/C22H18N2O2S/c25-21(26)20-11-4-2-7-18(20)15-27-22-23-12-13-24(22)14-17-9-5-8-16-6-1-3-10-19(16)17/h1-13H,14-15H2,(H,25,26). The van der Waals surface area contributed by atoms with Crippen molar-refractivity contribution in [1.82, 2.24) is 9.55 Å². The van der Waals surface area contributed by atoms with Gasteiger partial charge in [-0.25, -0.2) is 9.78 Å².